The number of rotatable bonds is 10. The fourth-order valence-electron chi connectivity index (χ4n) is 2.08. The van der Waals surface area contributed by atoms with Gasteiger partial charge in [-0.25, -0.2) is 0 Å². The molecule has 0 aliphatic rings. The van der Waals surface area contributed by atoms with Gasteiger partial charge in [-0.05, 0) is 45.8 Å². The highest BCUT2D eigenvalue weighted by atomic mass is 15.1. The largest absolute Gasteiger partial charge is 0.310 e. The van der Waals surface area contributed by atoms with Crippen LogP contribution in [0.4, 0.5) is 0 Å². The van der Waals surface area contributed by atoms with Gasteiger partial charge in [0, 0.05) is 12.1 Å². The van der Waals surface area contributed by atoms with Gasteiger partial charge in [0.25, 0.3) is 0 Å². The van der Waals surface area contributed by atoms with Crippen LogP contribution in [0.1, 0.15) is 53.4 Å². The molecule has 17 heavy (non-hydrogen) atoms. The van der Waals surface area contributed by atoms with Crippen LogP contribution in [-0.2, 0) is 0 Å². The third kappa shape index (κ3) is 8.18. The predicted molar refractivity (Wildman–Crippen MR) is 73.9 cm³/mol. The molecule has 0 aromatic heterocycles. The zero-order chi connectivity index (χ0) is 13.1. The molecule has 3 nitrogen and oxygen atoms in total. The number of nitrogens with one attached hydrogen (secondary N) is 1. The molecule has 0 saturated heterocycles. The zero-order valence-corrected chi connectivity index (χ0v) is 12.0. The summed E-state index contributed by atoms with van der Waals surface area (Å²) in [5.41, 5.74) is 0. The Morgan fingerprint density at radius 3 is 2.35 bits per heavy atom. The second-order valence-corrected chi connectivity index (χ2v) is 4.70. The summed E-state index contributed by atoms with van der Waals surface area (Å²) in [6, 6.07) is 3.13. The van der Waals surface area contributed by atoms with Crippen molar-refractivity contribution in [3.63, 3.8) is 0 Å². The topological polar surface area (TPSA) is 39.1 Å². The second-order valence-electron chi connectivity index (χ2n) is 4.70. The molecule has 3 heteroatoms. The average molecular weight is 239 g/mol. The summed E-state index contributed by atoms with van der Waals surface area (Å²) in [6.45, 7) is 12.3. The highest BCUT2D eigenvalue weighted by Crippen LogP contribution is 2.04. The van der Waals surface area contributed by atoms with Gasteiger partial charge in [-0.3, -0.25) is 0 Å². The van der Waals surface area contributed by atoms with E-state index in [0.29, 0.717) is 18.5 Å². The van der Waals surface area contributed by atoms with Crippen LogP contribution in [-0.4, -0.2) is 36.6 Å². The summed E-state index contributed by atoms with van der Waals surface area (Å²) in [6.07, 6.45) is 4.09. The number of nitrogens with zero attached hydrogens (tertiary/aromatic N) is 2. The van der Waals surface area contributed by atoms with Gasteiger partial charge < -0.3 is 10.2 Å². The van der Waals surface area contributed by atoms with Gasteiger partial charge in [0.1, 0.15) is 0 Å². The van der Waals surface area contributed by atoms with E-state index in [0.717, 1.165) is 19.5 Å². The summed E-state index contributed by atoms with van der Waals surface area (Å²) < 4.78 is 0. The summed E-state index contributed by atoms with van der Waals surface area (Å²) in [7, 11) is 0. The van der Waals surface area contributed by atoms with Gasteiger partial charge in [0.05, 0.1) is 12.5 Å². The van der Waals surface area contributed by atoms with Gasteiger partial charge >= 0.3 is 0 Å². The molecular weight excluding hydrogens is 210 g/mol. The molecule has 0 aliphatic carbocycles. The molecule has 0 spiro atoms. The molecule has 1 N–H and O–H groups in total. The average Bonchev–Trinajstić information content (AvgIpc) is 2.34. The molecule has 0 radical (unpaired) electrons. The standard InChI is InChI=1S/C14H29N3/c1-5-14(10-11-15)16-13(4)9-8-12-17(6-2)7-3/h13-14,16H,5-10,12H2,1-4H3. The van der Waals surface area contributed by atoms with Gasteiger partial charge in [-0.15, -0.1) is 0 Å². The molecule has 0 aliphatic heterocycles. The van der Waals surface area contributed by atoms with Gasteiger partial charge in [-0.2, -0.15) is 5.26 Å². The zero-order valence-electron chi connectivity index (χ0n) is 12.0. The van der Waals surface area contributed by atoms with E-state index < -0.39 is 0 Å². The van der Waals surface area contributed by atoms with E-state index in [-0.39, 0.29) is 0 Å². The van der Waals surface area contributed by atoms with E-state index in [9.17, 15) is 0 Å². The van der Waals surface area contributed by atoms with Crippen LogP contribution in [0.15, 0.2) is 0 Å². The monoisotopic (exact) mass is 239 g/mol. The molecule has 0 aromatic rings. The van der Waals surface area contributed by atoms with Crippen molar-refractivity contribution in [2.45, 2.75) is 65.5 Å². The van der Waals surface area contributed by atoms with E-state index in [1.807, 2.05) is 0 Å². The normalized spacial score (nSPS) is 14.6. The van der Waals surface area contributed by atoms with E-state index in [1.54, 1.807) is 0 Å². The first kappa shape index (κ1) is 16.4. The highest BCUT2D eigenvalue weighted by Gasteiger charge is 2.09. The third-order valence-electron chi connectivity index (χ3n) is 3.36. The Hall–Kier alpha value is -0.590. The summed E-state index contributed by atoms with van der Waals surface area (Å²) >= 11 is 0. The van der Waals surface area contributed by atoms with Crippen LogP contribution < -0.4 is 5.32 Å². The Morgan fingerprint density at radius 1 is 1.24 bits per heavy atom. The maximum absolute atomic E-state index is 8.70. The molecule has 0 bridgehead atoms. The number of hydrogen-bond acceptors (Lipinski definition) is 3. The Balaban J connectivity index is 3.71. The predicted octanol–water partition coefficient (Wildman–Crippen LogP) is 2.78. The van der Waals surface area contributed by atoms with Crippen LogP contribution in [0.5, 0.6) is 0 Å². The fraction of sp³-hybridized carbons (Fsp3) is 0.929. The number of nitriles is 1. The van der Waals surface area contributed by atoms with E-state index in [2.05, 4.69) is 44.0 Å². The molecule has 2 unspecified atom stereocenters. The van der Waals surface area contributed by atoms with Crippen LogP contribution >= 0.6 is 0 Å². The lowest BCUT2D eigenvalue weighted by atomic mass is 10.1. The second kappa shape index (κ2) is 10.6. The Kier molecular flexibility index (Phi) is 10.2. The lowest BCUT2D eigenvalue weighted by Gasteiger charge is -2.22. The maximum atomic E-state index is 8.70. The summed E-state index contributed by atoms with van der Waals surface area (Å²) in [5, 5.41) is 12.2. The van der Waals surface area contributed by atoms with Crippen LogP contribution in [0.3, 0.4) is 0 Å². The lowest BCUT2D eigenvalue weighted by molar-refractivity contribution is 0.287. The summed E-state index contributed by atoms with van der Waals surface area (Å²) in [5.74, 6) is 0. The molecule has 0 aromatic carbocycles. The van der Waals surface area contributed by atoms with Gasteiger partial charge in [0.15, 0.2) is 0 Å². The van der Waals surface area contributed by atoms with E-state index >= 15 is 0 Å². The highest BCUT2D eigenvalue weighted by molar-refractivity contribution is 4.81. The Labute approximate surface area is 107 Å². The first-order valence-electron chi connectivity index (χ1n) is 7.03. The molecule has 0 heterocycles. The van der Waals surface area contributed by atoms with Crippen molar-refractivity contribution < 1.29 is 0 Å². The molecule has 2 atom stereocenters. The van der Waals surface area contributed by atoms with Crippen molar-refractivity contribution >= 4 is 0 Å². The van der Waals surface area contributed by atoms with Crippen molar-refractivity contribution in [1.29, 1.82) is 5.26 Å². The van der Waals surface area contributed by atoms with Gasteiger partial charge in [0.2, 0.25) is 0 Å². The van der Waals surface area contributed by atoms with Crippen molar-refractivity contribution in [2.75, 3.05) is 19.6 Å². The molecular formula is C14H29N3. The van der Waals surface area contributed by atoms with E-state index in [4.69, 9.17) is 5.26 Å². The fourth-order valence-corrected chi connectivity index (χ4v) is 2.08. The molecule has 100 valence electrons. The maximum Gasteiger partial charge on any atom is 0.0638 e. The molecule has 0 rings (SSSR count). The minimum Gasteiger partial charge on any atom is -0.310 e. The van der Waals surface area contributed by atoms with Crippen LogP contribution in [0, 0.1) is 11.3 Å². The molecule has 0 saturated carbocycles. The number of hydrogen-bond donors (Lipinski definition) is 1. The minimum absolute atomic E-state index is 0.364. The van der Waals surface area contributed by atoms with Crippen molar-refractivity contribution in [3.05, 3.63) is 0 Å². The van der Waals surface area contributed by atoms with Crippen molar-refractivity contribution in [3.8, 4) is 6.07 Å². The Bertz CT molecular complexity index is 206. The smallest absolute Gasteiger partial charge is 0.0638 e. The first-order valence-corrected chi connectivity index (χ1v) is 7.03. The third-order valence-corrected chi connectivity index (χ3v) is 3.36. The first-order chi connectivity index (χ1) is 8.17. The van der Waals surface area contributed by atoms with Crippen LogP contribution in [0.25, 0.3) is 0 Å². The van der Waals surface area contributed by atoms with Crippen molar-refractivity contribution in [2.24, 2.45) is 0 Å². The van der Waals surface area contributed by atoms with E-state index in [1.165, 1.54) is 19.4 Å². The van der Waals surface area contributed by atoms with Crippen LogP contribution in [0.2, 0.25) is 0 Å². The Morgan fingerprint density at radius 2 is 1.88 bits per heavy atom. The molecule has 0 amide bonds. The van der Waals surface area contributed by atoms with Gasteiger partial charge in [-0.1, -0.05) is 20.8 Å². The quantitative estimate of drug-likeness (QED) is 0.637. The molecule has 0 fully saturated rings. The summed E-state index contributed by atoms with van der Waals surface area (Å²) in [4.78, 5) is 2.46. The van der Waals surface area contributed by atoms with Crippen molar-refractivity contribution in [1.82, 2.24) is 10.2 Å². The SMILES string of the molecule is CCC(CC#N)NC(C)CCCN(CC)CC. The lowest BCUT2D eigenvalue weighted by Crippen LogP contribution is -2.36. The minimum atomic E-state index is 0.364.